The monoisotopic (exact) mass is 297 g/mol. The van der Waals surface area contributed by atoms with Gasteiger partial charge in [0.1, 0.15) is 0 Å². The molecule has 0 heterocycles. The van der Waals surface area contributed by atoms with Gasteiger partial charge in [-0.05, 0) is 49.9 Å². The molecule has 0 saturated heterocycles. The largest absolute Gasteiger partial charge is 0.478 e. The summed E-state index contributed by atoms with van der Waals surface area (Å²) in [6, 6.07) is 18.3. The summed E-state index contributed by atoms with van der Waals surface area (Å²) in [7, 11) is 0. The Kier molecular flexibility index (Phi) is 5.73. The summed E-state index contributed by atoms with van der Waals surface area (Å²) in [5, 5.41) is 12.5. The quantitative estimate of drug-likeness (QED) is 0.810. The minimum atomic E-state index is -0.877. The molecule has 2 N–H and O–H groups in total. The van der Waals surface area contributed by atoms with Crippen molar-refractivity contribution in [3.8, 4) is 0 Å². The Morgan fingerprint density at radius 1 is 1.05 bits per heavy atom. The molecule has 0 radical (unpaired) electrons. The fourth-order valence-corrected chi connectivity index (χ4v) is 2.55. The average molecular weight is 297 g/mol. The maximum atomic E-state index is 10.8. The first kappa shape index (κ1) is 16.2. The first-order valence-corrected chi connectivity index (χ1v) is 7.69. The van der Waals surface area contributed by atoms with Crippen molar-refractivity contribution >= 4 is 5.97 Å². The summed E-state index contributed by atoms with van der Waals surface area (Å²) < 4.78 is 0. The van der Waals surface area contributed by atoms with Gasteiger partial charge in [0.15, 0.2) is 0 Å². The van der Waals surface area contributed by atoms with Gasteiger partial charge < -0.3 is 10.4 Å². The van der Waals surface area contributed by atoms with E-state index in [-0.39, 0.29) is 0 Å². The molecule has 0 aliphatic carbocycles. The van der Waals surface area contributed by atoms with Crippen LogP contribution in [0.3, 0.4) is 0 Å². The van der Waals surface area contributed by atoms with Crippen LogP contribution < -0.4 is 5.32 Å². The highest BCUT2D eigenvalue weighted by Crippen LogP contribution is 2.14. The number of carboxylic acid groups (broad SMARTS) is 1. The third kappa shape index (κ3) is 4.71. The Balaban J connectivity index is 1.82. The molecule has 0 fully saturated rings. The molecular weight excluding hydrogens is 274 g/mol. The van der Waals surface area contributed by atoms with Crippen LogP contribution in [-0.4, -0.2) is 17.1 Å². The minimum Gasteiger partial charge on any atom is -0.478 e. The van der Waals surface area contributed by atoms with E-state index in [2.05, 4.69) is 43.4 Å². The fourth-order valence-electron chi connectivity index (χ4n) is 2.55. The van der Waals surface area contributed by atoms with Crippen LogP contribution >= 0.6 is 0 Å². The van der Waals surface area contributed by atoms with E-state index >= 15 is 0 Å². The predicted octanol–water partition coefficient (Wildman–Crippen LogP) is 4.06. The number of carbonyl (C=O) groups is 1. The maximum absolute atomic E-state index is 10.8. The Morgan fingerprint density at radius 2 is 1.68 bits per heavy atom. The van der Waals surface area contributed by atoms with Gasteiger partial charge in [-0.25, -0.2) is 4.79 Å². The van der Waals surface area contributed by atoms with Crippen molar-refractivity contribution in [3.63, 3.8) is 0 Å². The number of aromatic carboxylic acids is 1. The first-order valence-electron chi connectivity index (χ1n) is 7.69. The normalized spacial score (nSPS) is 13.5. The molecule has 0 bridgehead atoms. The molecule has 0 aliphatic rings. The first-order chi connectivity index (χ1) is 10.6. The van der Waals surface area contributed by atoms with E-state index in [0.29, 0.717) is 17.6 Å². The smallest absolute Gasteiger partial charge is 0.335 e. The molecule has 0 spiro atoms. The van der Waals surface area contributed by atoms with Gasteiger partial charge in [-0.2, -0.15) is 0 Å². The Bertz CT molecular complexity index is 593. The lowest BCUT2D eigenvalue weighted by molar-refractivity contribution is 0.0697. The Hall–Kier alpha value is -2.13. The van der Waals surface area contributed by atoms with Crippen molar-refractivity contribution in [2.75, 3.05) is 0 Å². The summed E-state index contributed by atoms with van der Waals surface area (Å²) in [6.07, 6.45) is 1.96. The molecule has 3 heteroatoms. The number of carboxylic acids is 1. The minimum absolute atomic E-state index is 0.325. The summed E-state index contributed by atoms with van der Waals surface area (Å²) in [5.41, 5.74) is 2.80. The van der Waals surface area contributed by atoms with Gasteiger partial charge in [0.2, 0.25) is 0 Å². The number of rotatable bonds is 7. The summed E-state index contributed by atoms with van der Waals surface area (Å²) in [4.78, 5) is 10.8. The summed E-state index contributed by atoms with van der Waals surface area (Å²) in [5.74, 6) is -0.877. The second-order valence-corrected chi connectivity index (χ2v) is 5.74. The van der Waals surface area contributed by atoms with E-state index in [9.17, 15) is 4.79 Å². The van der Waals surface area contributed by atoms with Crippen molar-refractivity contribution < 1.29 is 9.90 Å². The SMILES string of the molecule is C[C@H](N[C@@H](C)CCc1ccc(C(=O)O)cc1)c1ccccc1. The fraction of sp³-hybridized carbons (Fsp3) is 0.316. The molecule has 0 aromatic heterocycles. The molecule has 0 aliphatic heterocycles. The van der Waals surface area contributed by atoms with Crippen LogP contribution in [0.15, 0.2) is 54.6 Å². The lowest BCUT2D eigenvalue weighted by Gasteiger charge is -2.20. The van der Waals surface area contributed by atoms with Crippen LogP contribution in [0.4, 0.5) is 0 Å². The van der Waals surface area contributed by atoms with Crippen LogP contribution in [0.5, 0.6) is 0 Å². The van der Waals surface area contributed by atoms with Crippen LogP contribution in [0, 0.1) is 0 Å². The second kappa shape index (κ2) is 7.76. The van der Waals surface area contributed by atoms with Gasteiger partial charge >= 0.3 is 5.97 Å². The van der Waals surface area contributed by atoms with Crippen molar-refractivity contribution in [2.45, 2.75) is 38.8 Å². The van der Waals surface area contributed by atoms with Crippen LogP contribution in [0.1, 0.15) is 47.8 Å². The molecule has 2 aromatic rings. The third-order valence-electron chi connectivity index (χ3n) is 3.90. The zero-order valence-corrected chi connectivity index (χ0v) is 13.1. The standard InChI is InChI=1S/C19H23NO2/c1-14(20-15(2)17-6-4-3-5-7-17)8-9-16-10-12-18(13-11-16)19(21)22/h3-7,10-15,20H,8-9H2,1-2H3,(H,21,22)/t14-,15-/m0/s1. The van der Waals surface area contributed by atoms with Crippen LogP contribution in [0.25, 0.3) is 0 Å². The van der Waals surface area contributed by atoms with Gasteiger partial charge in [-0.1, -0.05) is 42.5 Å². The highest BCUT2D eigenvalue weighted by atomic mass is 16.4. The zero-order valence-electron chi connectivity index (χ0n) is 13.1. The van der Waals surface area contributed by atoms with Gasteiger partial charge in [-0.15, -0.1) is 0 Å². The van der Waals surface area contributed by atoms with Crippen molar-refractivity contribution in [1.29, 1.82) is 0 Å². The molecule has 0 saturated carbocycles. The van der Waals surface area contributed by atoms with E-state index in [4.69, 9.17) is 5.11 Å². The molecule has 0 amide bonds. The average Bonchev–Trinajstić information content (AvgIpc) is 2.54. The molecule has 3 nitrogen and oxygen atoms in total. The lowest BCUT2D eigenvalue weighted by Crippen LogP contribution is -2.29. The third-order valence-corrected chi connectivity index (χ3v) is 3.90. The molecule has 116 valence electrons. The molecule has 2 aromatic carbocycles. The number of nitrogens with one attached hydrogen (secondary N) is 1. The second-order valence-electron chi connectivity index (χ2n) is 5.74. The van der Waals surface area contributed by atoms with Gasteiger partial charge in [0.05, 0.1) is 5.56 Å². The van der Waals surface area contributed by atoms with E-state index in [1.807, 2.05) is 18.2 Å². The van der Waals surface area contributed by atoms with Crippen LogP contribution in [-0.2, 0) is 6.42 Å². The van der Waals surface area contributed by atoms with Crippen molar-refractivity contribution in [2.24, 2.45) is 0 Å². The summed E-state index contributed by atoms with van der Waals surface area (Å²) in [6.45, 7) is 4.36. The lowest BCUT2D eigenvalue weighted by atomic mass is 10.0. The zero-order chi connectivity index (χ0) is 15.9. The Labute approximate surface area is 132 Å². The molecular formula is C19H23NO2. The predicted molar refractivity (Wildman–Crippen MR) is 89.2 cm³/mol. The van der Waals surface area contributed by atoms with Crippen LogP contribution in [0.2, 0.25) is 0 Å². The van der Waals surface area contributed by atoms with Gasteiger partial charge in [0, 0.05) is 12.1 Å². The molecule has 2 rings (SSSR count). The number of hydrogen-bond acceptors (Lipinski definition) is 2. The van der Waals surface area contributed by atoms with E-state index in [1.165, 1.54) is 11.1 Å². The Morgan fingerprint density at radius 3 is 2.27 bits per heavy atom. The summed E-state index contributed by atoms with van der Waals surface area (Å²) >= 11 is 0. The van der Waals surface area contributed by atoms with Gasteiger partial charge in [-0.3, -0.25) is 0 Å². The van der Waals surface area contributed by atoms with Crippen molar-refractivity contribution in [3.05, 3.63) is 71.3 Å². The van der Waals surface area contributed by atoms with E-state index < -0.39 is 5.97 Å². The van der Waals surface area contributed by atoms with E-state index in [0.717, 1.165) is 12.8 Å². The molecule has 2 atom stereocenters. The topological polar surface area (TPSA) is 49.3 Å². The number of hydrogen-bond donors (Lipinski definition) is 2. The molecule has 22 heavy (non-hydrogen) atoms. The van der Waals surface area contributed by atoms with Gasteiger partial charge in [0.25, 0.3) is 0 Å². The molecule has 0 unspecified atom stereocenters. The number of aryl methyl sites for hydroxylation is 1. The number of benzene rings is 2. The van der Waals surface area contributed by atoms with E-state index in [1.54, 1.807) is 12.1 Å². The highest BCUT2D eigenvalue weighted by Gasteiger charge is 2.09. The maximum Gasteiger partial charge on any atom is 0.335 e. The highest BCUT2D eigenvalue weighted by molar-refractivity contribution is 5.87. The van der Waals surface area contributed by atoms with Crippen molar-refractivity contribution in [1.82, 2.24) is 5.32 Å².